The molecule has 2 aromatic carbocycles. The van der Waals surface area contributed by atoms with Crippen LogP contribution in [-0.4, -0.2) is 34.2 Å². The molecule has 7 N–H and O–H groups in total. The summed E-state index contributed by atoms with van der Waals surface area (Å²) in [6, 6.07) is 8.54. The monoisotopic (exact) mass is 359 g/mol. The first-order valence-corrected chi connectivity index (χ1v) is 7.85. The summed E-state index contributed by atoms with van der Waals surface area (Å²) in [6.45, 7) is 3.74. The number of carbonyl (C=O) groups excluding carboxylic acids is 1. The number of ether oxygens (including phenoxy) is 2. The maximum absolute atomic E-state index is 11.8. The van der Waals surface area contributed by atoms with Crippen molar-refractivity contribution in [1.82, 2.24) is 4.98 Å². The molecule has 8 heteroatoms. The first-order valence-electron chi connectivity index (χ1n) is 7.85. The smallest absolute Gasteiger partial charge is 0.340 e. The maximum Gasteiger partial charge on any atom is 0.340 e. The second-order valence-corrected chi connectivity index (χ2v) is 5.65. The zero-order valence-electron chi connectivity index (χ0n) is 14.4. The van der Waals surface area contributed by atoms with Crippen molar-refractivity contribution < 1.29 is 24.9 Å². The largest absolute Gasteiger partial charge is 0.494 e. The third-order valence-corrected chi connectivity index (χ3v) is 3.73. The van der Waals surface area contributed by atoms with Crippen molar-refractivity contribution in [2.24, 2.45) is 0 Å². The number of hydrogen-bond donors (Lipinski definition) is 3. The van der Waals surface area contributed by atoms with E-state index in [1.54, 1.807) is 18.2 Å². The van der Waals surface area contributed by atoms with Crippen LogP contribution >= 0.6 is 0 Å². The van der Waals surface area contributed by atoms with Gasteiger partial charge in [-0.1, -0.05) is 0 Å². The van der Waals surface area contributed by atoms with E-state index in [0.29, 0.717) is 45.5 Å². The van der Waals surface area contributed by atoms with Crippen molar-refractivity contribution in [3.8, 4) is 11.5 Å². The highest BCUT2D eigenvalue weighted by molar-refractivity contribution is 6.10. The molecule has 3 aromatic rings. The summed E-state index contributed by atoms with van der Waals surface area (Å²) in [5.74, 6) is 0.0323. The lowest BCUT2D eigenvalue weighted by molar-refractivity contribution is -0.142. The first-order chi connectivity index (χ1) is 11.9. The number of aliphatic hydroxyl groups excluding tert-OH is 1. The molecule has 1 heterocycles. The number of rotatable bonds is 4. The lowest BCUT2D eigenvalue weighted by Gasteiger charge is -2.14. The third kappa shape index (κ3) is 3.46. The Morgan fingerprint density at radius 3 is 2.62 bits per heavy atom. The van der Waals surface area contributed by atoms with Crippen LogP contribution < -0.4 is 20.9 Å². The summed E-state index contributed by atoms with van der Waals surface area (Å²) in [6.07, 6.45) is -1.27. The maximum atomic E-state index is 11.8. The number of pyridine rings is 1. The molecule has 1 unspecified atom stereocenters. The van der Waals surface area contributed by atoms with E-state index in [2.05, 4.69) is 4.98 Å². The van der Waals surface area contributed by atoms with Crippen molar-refractivity contribution in [2.45, 2.75) is 20.0 Å². The number of carbonyl (C=O) groups is 1. The highest BCUT2D eigenvalue weighted by Crippen LogP contribution is 2.37. The fourth-order valence-electron chi connectivity index (χ4n) is 2.60. The SMILES string of the molecule is CCOc1ccc2nc3cc(N)cc(OC(=O)C(C)O)c3c(N)c2c1.O. The van der Waals surface area contributed by atoms with Crippen LogP contribution in [0.4, 0.5) is 11.4 Å². The van der Waals surface area contributed by atoms with Gasteiger partial charge in [-0.15, -0.1) is 0 Å². The number of nitrogens with two attached hydrogens (primary N) is 2. The molecule has 0 aliphatic carbocycles. The van der Waals surface area contributed by atoms with Crippen LogP contribution in [0.2, 0.25) is 0 Å². The van der Waals surface area contributed by atoms with Gasteiger partial charge in [-0.05, 0) is 38.1 Å². The summed E-state index contributed by atoms with van der Waals surface area (Å²) >= 11 is 0. The van der Waals surface area contributed by atoms with E-state index in [9.17, 15) is 9.90 Å². The van der Waals surface area contributed by atoms with Gasteiger partial charge in [-0.2, -0.15) is 0 Å². The average Bonchev–Trinajstić information content (AvgIpc) is 2.55. The molecule has 0 bridgehead atoms. The molecule has 3 rings (SSSR count). The number of anilines is 2. The minimum atomic E-state index is -1.27. The lowest BCUT2D eigenvalue weighted by Crippen LogP contribution is -2.22. The van der Waals surface area contributed by atoms with Crippen molar-refractivity contribution >= 4 is 39.1 Å². The van der Waals surface area contributed by atoms with Crippen LogP contribution in [0.1, 0.15) is 13.8 Å². The summed E-state index contributed by atoms with van der Waals surface area (Å²) in [4.78, 5) is 16.3. The van der Waals surface area contributed by atoms with Crippen LogP contribution in [-0.2, 0) is 4.79 Å². The van der Waals surface area contributed by atoms with Crippen LogP contribution in [0.15, 0.2) is 30.3 Å². The van der Waals surface area contributed by atoms with E-state index >= 15 is 0 Å². The predicted molar refractivity (Wildman–Crippen MR) is 100 cm³/mol. The predicted octanol–water partition coefficient (Wildman–Crippen LogP) is 1.41. The molecular formula is C18H21N3O5. The summed E-state index contributed by atoms with van der Waals surface area (Å²) in [5.41, 5.74) is 14.2. The van der Waals surface area contributed by atoms with Gasteiger partial charge in [0.15, 0.2) is 0 Å². The van der Waals surface area contributed by atoms with E-state index in [1.807, 2.05) is 13.0 Å². The second kappa shape index (κ2) is 7.42. The summed E-state index contributed by atoms with van der Waals surface area (Å²) in [7, 11) is 0. The van der Waals surface area contributed by atoms with Gasteiger partial charge >= 0.3 is 5.97 Å². The normalized spacial score (nSPS) is 11.8. The summed E-state index contributed by atoms with van der Waals surface area (Å²) in [5, 5.41) is 10.5. The molecule has 0 saturated heterocycles. The molecular weight excluding hydrogens is 338 g/mol. The van der Waals surface area contributed by atoms with E-state index in [4.69, 9.17) is 20.9 Å². The molecule has 138 valence electrons. The minimum absolute atomic E-state index is 0. The van der Waals surface area contributed by atoms with Crippen molar-refractivity contribution in [1.29, 1.82) is 0 Å². The average molecular weight is 359 g/mol. The molecule has 0 aliphatic heterocycles. The van der Waals surface area contributed by atoms with Gasteiger partial charge in [0, 0.05) is 17.1 Å². The Bertz CT molecular complexity index is 972. The molecule has 1 atom stereocenters. The van der Waals surface area contributed by atoms with Crippen molar-refractivity contribution in [2.75, 3.05) is 18.1 Å². The number of esters is 1. The standard InChI is InChI=1S/C18H19N3O4.H2O/c1-3-24-11-4-5-13-12(8-11)17(20)16-14(21-13)6-10(19)7-15(16)25-18(23)9(2)22;/h4-9,22H,3,19H2,1-2H3,(H2,20,21);1H2. The number of hydrogen-bond acceptors (Lipinski definition) is 7. The van der Waals surface area contributed by atoms with Crippen LogP contribution in [0.25, 0.3) is 21.8 Å². The molecule has 0 spiro atoms. The zero-order chi connectivity index (χ0) is 18.1. The number of nitrogens with zero attached hydrogens (tertiary/aromatic N) is 1. The topological polar surface area (TPSA) is 152 Å². The van der Waals surface area contributed by atoms with E-state index in [-0.39, 0.29) is 11.2 Å². The zero-order valence-corrected chi connectivity index (χ0v) is 14.4. The second-order valence-electron chi connectivity index (χ2n) is 5.65. The molecule has 0 fully saturated rings. The Hall–Kier alpha value is -3.10. The molecule has 0 saturated carbocycles. The highest BCUT2D eigenvalue weighted by Gasteiger charge is 2.18. The number of benzene rings is 2. The summed E-state index contributed by atoms with van der Waals surface area (Å²) < 4.78 is 10.8. The molecule has 1 aromatic heterocycles. The Labute approximate surface area is 149 Å². The molecule has 26 heavy (non-hydrogen) atoms. The Morgan fingerprint density at radius 2 is 1.96 bits per heavy atom. The number of aromatic nitrogens is 1. The minimum Gasteiger partial charge on any atom is -0.494 e. The van der Waals surface area contributed by atoms with Crippen molar-refractivity contribution in [3.63, 3.8) is 0 Å². The quantitative estimate of drug-likeness (QED) is 0.275. The first kappa shape index (κ1) is 19.2. The Balaban J connectivity index is 0.00000243. The third-order valence-electron chi connectivity index (χ3n) is 3.73. The van der Waals surface area contributed by atoms with Crippen LogP contribution in [0, 0.1) is 0 Å². The number of fused-ring (bicyclic) bond motifs is 2. The van der Waals surface area contributed by atoms with Crippen LogP contribution in [0.5, 0.6) is 11.5 Å². The van der Waals surface area contributed by atoms with Gasteiger partial charge in [-0.3, -0.25) is 0 Å². The molecule has 0 amide bonds. The van der Waals surface area contributed by atoms with Gasteiger partial charge in [-0.25, -0.2) is 9.78 Å². The van der Waals surface area contributed by atoms with Crippen LogP contribution in [0.3, 0.4) is 0 Å². The van der Waals surface area contributed by atoms with Gasteiger partial charge in [0.1, 0.15) is 17.6 Å². The molecule has 0 radical (unpaired) electrons. The fourth-order valence-corrected chi connectivity index (χ4v) is 2.60. The molecule has 0 aliphatic rings. The highest BCUT2D eigenvalue weighted by atomic mass is 16.5. The van der Waals surface area contributed by atoms with E-state index in [0.717, 1.165) is 0 Å². The Morgan fingerprint density at radius 1 is 1.23 bits per heavy atom. The number of nitrogen functional groups attached to an aromatic ring is 2. The van der Waals surface area contributed by atoms with Gasteiger partial charge in [0.05, 0.1) is 28.7 Å². The van der Waals surface area contributed by atoms with E-state index < -0.39 is 12.1 Å². The fraction of sp³-hybridized carbons (Fsp3) is 0.222. The van der Waals surface area contributed by atoms with Gasteiger partial charge in [0.2, 0.25) is 0 Å². The van der Waals surface area contributed by atoms with Gasteiger partial charge in [0.25, 0.3) is 0 Å². The lowest BCUT2D eigenvalue weighted by atomic mass is 10.1. The van der Waals surface area contributed by atoms with Gasteiger partial charge < -0.3 is 31.5 Å². The molecule has 8 nitrogen and oxygen atoms in total. The van der Waals surface area contributed by atoms with Crippen molar-refractivity contribution in [3.05, 3.63) is 30.3 Å². The Kier molecular flexibility index (Phi) is 5.49. The van der Waals surface area contributed by atoms with E-state index in [1.165, 1.54) is 13.0 Å². The number of aliphatic hydroxyl groups is 1.